The zero-order chi connectivity index (χ0) is 14.3. The molecular weight excluding hydrogens is 250 g/mol. The first-order valence-corrected chi connectivity index (χ1v) is 6.10. The molecule has 0 heterocycles. The topological polar surface area (TPSA) is 81.8 Å². The molecule has 0 radical (unpaired) electrons. The van der Waals surface area contributed by atoms with Crippen LogP contribution < -0.4 is 9.47 Å². The van der Waals surface area contributed by atoms with Gasteiger partial charge in [-0.05, 0) is 18.4 Å². The Labute approximate surface area is 112 Å². The van der Waals surface area contributed by atoms with Crippen molar-refractivity contribution in [1.82, 2.24) is 0 Å². The minimum absolute atomic E-state index is 0.0105. The van der Waals surface area contributed by atoms with Gasteiger partial charge in [0.15, 0.2) is 11.5 Å². The molecular formula is C13H19NO5. The van der Waals surface area contributed by atoms with Crippen molar-refractivity contribution in [2.75, 3.05) is 20.8 Å². The number of benzene rings is 1. The molecule has 0 unspecified atom stereocenters. The van der Waals surface area contributed by atoms with E-state index in [2.05, 4.69) is 0 Å². The number of rotatable bonds is 6. The van der Waals surface area contributed by atoms with Gasteiger partial charge in [-0.2, -0.15) is 0 Å². The lowest BCUT2D eigenvalue weighted by Crippen LogP contribution is -2.00. The molecule has 0 spiro atoms. The van der Waals surface area contributed by atoms with E-state index < -0.39 is 4.92 Å². The Bertz CT molecular complexity index is 417. The van der Waals surface area contributed by atoms with Crippen molar-refractivity contribution < 1.29 is 19.5 Å². The van der Waals surface area contributed by atoms with Gasteiger partial charge in [-0.1, -0.05) is 12.8 Å². The van der Waals surface area contributed by atoms with Crippen molar-refractivity contribution >= 4 is 5.69 Å². The minimum atomic E-state index is -0.448. The summed E-state index contributed by atoms with van der Waals surface area (Å²) in [6, 6.07) is 4.39. The van der Waals surface area contributed by atoms with Gasteiger partial charge < -0.3 is 14.6 Å². The summed E-state index contributed by atoms with van der Waals surface area (Å²) in [6.45, 7) is 0.638. The molecule has 19 heavy (non-hydrogen) atoms. The number of nitro groups is 1. The first-order chi connectivity index (χ1) is 9.20. The SMILES string of the molecule is CO.COc1cc([N+](=O)[O-])ccc1OCCC1CC1. The van der Waals surface area contributed by atoms with Crippen molar-refractivity contribution in [3.63, 3.8) is 0 Å². The number of hydrogen-bond acceptors (Lipinski definition) is 5. The van der Waals surface area contributed by atoms with E-state index in [-0.39, 0.29) is 5.69 Å². The molecule has 0 aliphatic heterocycles. The molecule has 0 atom stereocenters. The third-order valence-electron chi connectivity index (χ3n) is 2.84. The Morgan fingerprint density at radius 1 is 1.37 bits per heavy atom. The second-order valence-corrected chi connectivity index (χ2v) is 4.17. The van der Waals surface area contributed by atoms with Crippen LogP contribution in [0, 0.1) is 16.0 Å². The van der Waals surface area contributed by atoms with Crippen molar-refractivity contribution in [3.8, 4) is 11.5 Å². The third-order valence-corrected chi connectivity index (χ3v) is 2.84. The number of ether oxygens (including phenoxy) is 2. The zero-order valence-electron chi connectivity index (χ0n) is 11.2. The molecule has 1 fully saturated rings. The van der Waals surface area contributed by atoms with Crippen LogP contribution in [0.5, 0.6) is 11.5 Å². The maximum Gasteiger partial charge on any atom is 0.273 e. The normalized spacial score (nSPS) is 13.2. The molecule has 1 saturated carbocycles. The highest BCUT2D eigenvalue weighted by molar-refractivity contribution is 5.48. The van der Waals surface area contributed by atoms with E-state index in [4.69, 9.17) is 14.6 Å². The molecule has 6 nitrogen and oxygen atoms in total. The molecule has 1 aliphatic carbocycles. The van der Waals surface area contributed by atoms with Crippen molar-refractivity contribution in [2.45, 2.75) is 19.3 Å². The Morgan fingerprint density at radius 2 is 2.05 bits per heavy atom. The molecule has 0 amide bonds. The number of aliphatic hydroxyl groups excluding tert-OH is 1. The fraction of sp³-hybridized carbons (Fsp3) is 0.538. The Morgan fingerprint density at radius 3 is 2.58 bits per heavy atom. The molecule has 1 aliphatic rings. The minimum Gasteiger partial charge on any atom is -0.493 e. The number of non-ortho nitro benzene ring substituents is 1. The smallest absolute Gasteiger partial charge is 0.273 e. The van der Waals surface area contributed by atoms with Crippen molar-refractivity contribution in [3.05, 3.63) is 28.3 Å². The highest BCUT2D eigenvalue weighted by Crippen LogP contribution is 2.34. The quantitative estimate of drug-likeness (QED) is 0.633. The molecule has 0 aromatic heterocycles. The van der Waals surface area contributed by atoms with Gasteiger partial charge in [0.1, 0.15) is 0 Å². The first-order valence-electron chi connectivity index (χ1n) is 6.10. The summed E-state index contributed by atoms with van der Waals surface area (Å²) < 4.78 is 10.6. The second kappa shape index (κ2) is 7.58. The zero-order valence-corrected chi connectivity index (χ0v) is 11.2. The summed E-state index contributed by atoms with van der Waals surface area (Å²) >= 11 is 0. The molecule has 0 bridgehead atoms. The maximum atomic E-state index is 10.6. The third kappa shape index (κ3) is 4.75. The number of nitrogens with zero attached hydrogens (tertiary/aromatic N) is 1. The average molecular weight is 269 g/mol. The molecule has 6 heteroatoms. The van der Waals surface area contributed by atoms with Gasteiger partial charge >= 0.3 is 0 Å². The van der Waals surface area contributed by atoms with E-state index in [1.807, 2.05) is 0 Å². The van der Waals surface area contributed by atoms with Gasteiger partial charge in [-0.3, -0.25) is 10.1 Å². The van der Waals surface area contributed by atoms with Gasteiger partial charge in [0.05, 0.1) is 24.7 Å². The predicted molar refractivity (Wildman–Crippen MR) is 70.6 cm³/mol. The second-order valence-electron chi connectivity index (χ2n) is 4.17. The summed E-state index contributed by atoms with van der Waals surface area (Å²) in [5.74, 6) is 1.78. The van der Waals surface area contributed by atoms with Crippen LogP contribution in [0.1, 0.15) is 19.3 Å². The largest absolute Gasteiger partial charge is 0.493 e. The highest BCUT2D eigenvalue weighted by atomic mass is 16.6. The van der Waals surface area contributed by atoms with Gasteiger partial charge in [-0.15, -0.1) is 0 Å². The van der Waals surface area contributed by atoms with Gasteiger partial charge in [0.25, 0.3) is 5.69 Å². The summed E-state index contributed by atoms with van der Waals surface area (Å²) in [6.07, 6.45) is 3.63. The molecule has 106 valence electrons. The number of aliphatic hydroxyl groups is 1. The lowest BCUT2D eigenvalue weighted by molar-refractivity contribution is -0.384. The molecule has 1 aromatic rings. The average Bonchev–Trinajstić information content (AvgIpc) is 3.25. The lowest BCUT2D eigenvalue weighted by atomic mass is 10.2. The van der Waals surface area contributed by atoms with Crippen molar-refractivity contribution in [1.29, 1.82) is 0 Å². The van der Waals surface area contributed by atoms with E-state index in [0.29, 0.717) is 18.1 Å². The highest BCUT2D eigenvalue weighted by Gasteiger charge is 2.21. The van der Waals surface area contributed by atoms with Crippen LogP contribution >= 0.6 is 0 Å². The van der Waals surface area contributed by atoms with E-state index in [1.165, 1.54) is 32.1 Å². The molecule has 0 saturated heterocycles. The number of nitro benzene ring substituents is 1. The van der Waals surface area contributed by atoms with E-state index >= 15 is 0 Å². The van der Waals surface area contributed by atoms with Crippen molar-refractivity contribution in [2.24, 2.45) is 5.92 Å². The van der Waals surface area contributed by atoms with E-state index in [1.54, 1.807) is 6.07 Å². The molecule has 1 N–H and O–H groups in total. The van der Waals surface area contributed by atoms with Gasteiger partial charge in [-0.25, -0.2) is 0 Å². The summed E-state index contributed by atoms with van der Waals surface area (Å²) in [5, 5.41) is 17.6. The summed E-state index contributed by atoms with van der Waals surface area (Å²) in [4.78, 5) is 10.2. The van der Waals surface area contributed by atoms with Crippen LogP contribution in [0.15, 0.2) is 18.2 Å². The van der Waals surface area contributed by atoms with Gasteiger partial charge in [0, 0.05) is 13.2 Å². The Balaban J connectivity index is 0.000000861. The summed E-state index contributed by atoms with van der Waals surface area (Å²) in [7, 11) is 2.48. The van der Waals surface area contributed by atoms with E-state index in [9.17, 15) is 10.1 Å². The fourth-order valence-corrected chi connectivity index (χ4v) is 1.63. The number of hydrogen-bond donors (Lipinski definition) is 1. The van der Waals surface area contributed by atoms with Crippen LogP contribution in [-0.2, 0) is 0 Å². The van der Waals surface area contributed by atoms with Crippen LogP contribution in [-0.4, -0.2) is 30.9 Å². The van der Waals surface area contributed by atoms with Crippen LogP contribution in [0.4, 0.5) is 5.69 Å². The van der Waals surface area contributed by atoms with E-state index in [0.717, 1.165) is 19.4 Å². The molecule has 2 rings (SSSR count). The first kappa shape index (κ1) is 15.2. The predicted octanol–water partition coefficient (Wildman–Crippen LogP) is 2.39. The Kier molecular flexibility index (Phi) is 6.08. The van der Waals surface area contributed by atoms with Gasteiger partial charge in [0.2, 0.25) is 0 Å². The standard InChI is InChI=1S/C12H15NO4.CH4O/c1-16-12-8-10(13(14)15)4-5-11(12)17-7-6-9-2-3-9;1-2/h4-5,8-9H,2-3,6-7H2,1H3;2H,1H3. The maximum absolute atomic E-state index is 10.6. The number of methoxy groups -OCH3 is 1. The van der Waals surface area contributed by atoms with Crippen LogP contribution in [0.25, 0.3) is 0 Å². The Hall–Kier alpha value is -1.82. The van der Waals surface area contributed by atoms with Crippen LogP contribution in [0.3, 0.4) is 0 Å². The lowest BCUT2D eigenvalue weighted by Gasteiger charge is -2.09. The molecule has 1 aromatic carbocycles. The van der Waals surface area contributed by atoms with Crippen LogP contribution in [0.2, 0.25) is 0 Å². The monoisotopic (exact) mass is 269 g/mol. The fourth-order valence-electron chi connectivity index (χ4n) is 1.63. The summed E-state index contributed by atoms with van der Waals surface area (Å²) in [5.41, 5.74) is 0.0105.